The lowest BCUT2D eigenvalue weighted by Gasteiger charge is -2.52. The van der Waals surface area contributed by atoms with Gasteiger partial charge in [0.2, 0.25) is 5.91 Å². The van der Waals surface area contributed by atoms with E-state index < -0.39 is 0 Å². The van der Waals surface area contributed by atoms with Crippen molar-refractivity contribution in [2.24, 2.45) is 0 Å². The summed E-state index contributed by atoms with van der Waals surface area (Å²) in [5, 5.41) is 0. The van der Waals surface area contributed by atoms with E-state index in [4.69, 9.17) is 4.74 Å². The smallest absolute Gasteiger partial charge is 0.223 e. The fraction of sp³-hybridized carbons (Fsp3) is 0.947. The molecule has 0 N–H and O–H groups in total. The molecule has 3 rings (SSSR count). The van der Waals surface area contributed by atoms with Gasteiger partial charge in [-0.05, 0) is 53.9 Å². The second-order valence-electron chi connectivity index (χ2n) is 8.53. The van der Waals surface area contributed by atoms with Gasteiger partial charge in [-0.25, -0.2) is 0 Å². The Hall–Kier alpha value is -0.690. The molecule has 0 aromatic rings. The fourth-order valence-electron chi connectivity index (χ4n) is 4.73. The van der Waals surface area contributed by atoms with Crippen LogP contribution in [0.3, 0.4) is 0 Å². The van der Waals surface area contributed by atoms with Crippen LogP contribution in [0.2, 0.25) is 0 Å². The molecule has 0 unspecified atom stereocenters. The van der Waals surface area contributed by atoms with Crippen molar-refractivity contribution in [2.45, 2.75) is 50.9 Å². The first-order chi connectivity index (χ1) is 11.9. The molecule has 0 aromatic carbocycles. The van der Waals surface area contributed by atoms with Crippen LogP contribution in [0, 0.1) is 0 Å². The minimum absolute atomic E-state index is 0.197. The van der Waals surface area contributed by atoms with Gasteiger partial charge >= 0.3 is 0 Å². The maximum atomic E-state index is 12.8. The van der Waals surface area contributed by atoms with Gasteiger partial charge in [-0.3, -0.25) is 14.6 Å². The molecule has 0 aromatic heterocycles. The third-order valence-electron chi connectivity index (χ3n) is 6.41. The van der Waals surface area contributed by atoms with Crippen molar-refractivity contribution in [2.75, 3.05) is 66.5 Å². The Balaban J connectivity index is 1.52. The quantitative estimate of drug-likeness (QED) is 0.749. The molecule has 2 atom stereocenters. The first kappa shape index (κ1) is 19.1. The summed E-state index contributed by atoms with van der Waals surface area (Å²) in [5.74, 6) is 0.332. The topological polar surface area (TPSA) is 39.3 Å². The number of likely N-dealkylation sites (tertiary alicyclic amines) is 1. The maximum Gasteiger partial charge on any atom is 0.223 e. The number of nitrogens with zero attached hydrogens (tertiary/aromatic N) is 4. The highest BCUT2D eigenvalue weighted by molar-refractivity contribution is 5.76. The van der Waals surface area contributed by atoms with Crippen molar-refractivity contribution in [1.29, 1.82) is 0 Å². The Morgan fingerprint density at radius 3 is 2.32 bits per heavy atom. The highest BCUT2D eigenvalue weighted by Crippen LogP contribution is 2.31. The van der Waals surface area contributed by atoms with Crippen molar-refractivity contribution in [1.82, 2.24) is 19.6 Å². The van der Waals surface area contributed by atoms with Crippen LogP contribution in [0.15, 0.2) is 0 Å². The number of piperidine rings is 1. The van der Waals surface area contributed by atoms with Crippen LogP contribution in [-0.2, 0) is 9.53 Å². The third kappa shape index (κ3) is 4.54. The van der Waals surface area contributed by atoms with E-state index in [9.17, 15) is 4.79 Å². The number of ether oxygens (including phenoxy) is 1. The van der Waals surface area contributed by atoms with Crippen LogP contribution < -0.4 is 0 Å². The van der Waals surface area contributed by atoms with Crippen LogP contribution in [0.25, 0.3) is 0 Å². The first-order valence-corrected chi connectivity index (χ1v) is 9.93. The molecule has 3 fully saturated rings. The molecule has 0 bridgehead atoms. The predicted octanol–water partition coefficient (Wildman–Crippen LogP) is 0.724. The monoisotopic (exact) mass is 352 g/mol. The summed E-state index contributed by atoms with van der Waals surface area (Å²) in [6.07, 6.45) is 3.51. The molecular formula is C19H36N4O2. The molecule has 1 spiro atoms. The van der Waals surface area contributed by atoms with Crippen molar-refractivity contribution < 1.29 is 9.53 Å². The minimum atomic E-state index is 0.197. The van der Waals surface area contributed by atoms with Gasteiger partial charge in [0.15, 0.2) is 0 Å². The van der Waals surface area contributed by atoms with Gasteiger partial charge in [-0.1, -0.05) is 0 Å². The second-order valence-corrected chi connectivity index (χ2v) is 8.53. The van der Waals surface area contributed by atoms with E-state index in [0.717, 1.165) is 52.4 Å². The van der Waals surface area contributed by atoms with Gasteiger partial charge in [0.05, 0.1) is 12.2 Å². The zero-order valence-corrected chi connectivity index (χ0v) is 16.5. The molecule has 1 amide bonds. The van der Waals surface area contributed by atoms with Crippen LogP contribution in [-0.4, -0.2) is 110 Å². The highest BCUT2D eigenvalue weighted by Gasteiger charge is 2.42. The number of morpholine rings is 1. The molecule has 3 aliphatic heterocycles. The van der Waals surface area contributed by atoms with Crippen LogP contribution >= 0.6 is 0 Å². The number of hydrogen-bond acceptors (Lipinski definition) is 5. The van der Waals surface area contributed by atoms with Crippen LogP contribution in [0.5, 0.6) is 0 Å². The Bertz CT molecular complexity index is 454. The number of rotatable bonds is 3. The van der Waals surface area contributed by atoms with Crippen LogP contribution in [0.4, 0.5) is 0 Å². The van der Waals surface area contributed by atoms with Gasteiger partial charge in [0.25, 0.3) is 0 Å². The number of amides is 1. The van der Waals surface area contributed by atoms with Crippen molar-refractivity contribution >= 4 is 5.91 Å². The molecular weight excluding hydrogens is 316 g/mol. The molecule has 3 heterocycles. The molecule has 25 heavy (non-hydrogen) atoms. The zero-order valence-electron chi connectivity index (χ0n) is 16.5. The Morgan fingerprint density at radius 1 is 1.04 bits per heavy atom. The summed E-state index contributed by atoms with van der Waals surface area (Å²) in [4.78, 5) is 22.3. The lowest BCUT2D eigenvalue weighted by Crippen LogP contribution is -2.65. The van der Waals surface area contributed by atoms with Gasteiger partial charge in [-0.15, -0.1) is 0 Å². The highest BCUT2D eigenvalue weighted by atomic mass is 16.5. The van der Waals surface area contributed by atoms with Gasteiger partial charge in [0.1, 0.15) is 0 Å². The number of carbonyl (C=O) groups is 1. The Labute approximate surface area is 153 Å². The average Bonchev–Trinajstić information content (AvgIpc) is 2.57. The summed E-state index contributed by atoms with van der Waals surface area (Å²) < 4.78 is 5.79. The van der Waals surface area contributed by atoms with E-state index in [1.807, 2.05) is 0 Å². The van der Waals surface area contributed by atoms with E-state index >= 15 is 0 Å². The molecule has 3 aliphatic rings. The van der Waals surface area contributed by atoms with Crippen molar-refractivity contribution in [3.8, 4) is 0 Å². The second kappa shape index (κ2) is 7.91. The van der Waals surface area contributed by atoms with E-state index in [-0.39, 0.29) is 17.7 Å². The predicted molar refractivity (Wildman–Crippen MR) is 99.7 cm³/mol. The number of likely N-dealkylation sites (N-methyl/N-ethyl adjacent to an activating group) is 1. The molecule has 6 heteroatoms. The average molecular weight is 353 g/mol. The van der Waals surface area contributed by atoms with E-state index in [2.05, 4.69) is 47.5 Å². The van der Waals surface area contributed by atoms with Crippen LogP contribution in [0.1, 0.15) is 33.1 Å². The zero-order chi connectivity index (χ0) is 18.0. The van der Waals surface area contributed by atoms with E-state index in [0.29, 0.717) is 12.3 Å². The number of piperazine rings is 1. The SMILES string of the molecule is C[C@@H]1CN(CCC(=O)N2CCN(C)C3(CCN(C)CC3)C2)C[C@H](C)O1. The lowest BCUT2D eigenvalue weighted by molar-refractivity contribution is -0.139. The molecule has 0 radical (unpaired) electrons. The summed E-state index contributed by atoms with van der Waals surface area (Å²) >= 11 is 0. The Morgan fingerprint density at radius 2 is 1.68 bits per heavy atom. The maximum absolute atomic E-state index is 12.8. The largest absolute Gasteiger partial charge is 0.373 e. The van der Waals surface area contributed by atoms with Gasteiger partial charge in [0, 0.05) is 51.2 Å². The van der Waals surface area contributed by atoms with Crippen molar-refractivity contribution in [3.63, 3.8) is 0 Å². The third-order valence-corrected chi connectivity index (χ3v) is 6.41. The summed E-state index contributed by atoms with van der Waals surface area (Å²) in [6.45, 7) is 12.0. The summed E-state index contributed by atoms with van der Waals surface area (Å²) in [6, 6.07) is 0. The molecule has 3 saturated heterocycles. The van der Waals surface area contributed by atoms with Gasteiger partial charge in [-0.2, -0.15) is 0 Å². The Kier molecular flexibility index (Phi) is 6.03. The summed E-state index contributed by atoms with van der Waals surface area (Å²) in [7, 11) is 4.44. The van der Waals surface area contributed by atoms with Crippen molar-refractivity contribution in [3.05, 3.63) is 0 Å². The summed E-state index contributed by atoms with van der Waals surface area (Å²) in [5.41, 5.74) is 0.197. The van der Waals surface area contributed by atoms with E-state index in [1.54, 1.807) is 0 Å². The lowest BCUT2D eigenvalue weighted by atomic mass is 9.84. The first-order valence-electron chi connectivity index (χ1n) is 9.93. The standard InChI is InChI=1S/C19H36N4O2/c1-16-13-22(14-17(2)25-16)8-5-18(24)23-12-11-21(4)19(15-23)6-9-20(3)10-7-19/h16-17H,5-15H2,1-4H3/t16-,17+. The molecule has 6 nitrogen and oxygen atoms in total. The number of hydrogen-bond donors (Lipinski definition) is 0. The van der Waals surface area contributed by atoms with E-state index in [1.165, 1.54) is 12.8 Å². The number of carbonyl (C=O) groups excluding carboxylic acids is 1. The normalized spacial score (nSPS) is 32.2. The molecule has 0 aliphatic carbocycles. The minimum Gasteiger partial charge on any atom is -0.373 e. The van der Waals surface area contributed by atoms with Gasteiger partial charge < -0.3 is 14.5 Å². The fourth-order valence-corrected chi connectivity index (χ4v) is 4.73. The molecule has 144 valence electrons. The molecule has 0 saturated carbocycles.